The molecule has 0 aliphatic carbocycles. The van der Waals surface area contributed by atoms with Gasteiger partial charge in [0.15, 0.2) is 0 Å². The molecule has 2 rings (SSSR count). The second-order valence-corrected chi connectivity index (χ2v) is 4.67. The number of rotatable bonds is 3. The number of aromatic hydroxyl groups is 1. The number of phenols is 1. The van der Waals surface area contributed by atoms with E-state index in [9.17, 15) is 9.90 Å². The molecule has 0 heterocycles. The van der Waals surface area contributed by atoms with Gasteiger partial charge >= 0.3 is 5.97 Å². The van der Waals surface area contributed by atoms with Gasteiger partial charge in [-0.3, -0.25) is 0 Å². The van der Waals surface area contributed by atoms with Crippen molar-refractivity contribution in [2.24, 2.45) is 0 Å². The van der Waals surface area contributed by atoms with Crippen LogP contribution in [0.2, 0.25) is 0 Å². The third-order valence-corrected chi connectivity index (χ3v) is 3.35. The normalized spacial score (nSPS) is 11.5. The average Bonchev–Trinajstić information content (AvgIpc) is 2.41. The van der Waals surface area contributed by atoms with Gasteiger partial charge in [-0.2, -0.15) is 0 Å². The van der Waals surface area contributed by atoms with Crippen molar-refractivity contribution < 1.29 is 34.5 Å². The summed E-state index contributed by atoms with van der Waals surface area (Å²) in [5.74, 6) is -1.18. The van der Waals surface area contributed by atoms with Crippen molar-refractivity contribution in [3.05, 3.63) is 64.7 Å². The van der Waals surface area contributed by atoms with Crippen molar-refractivity contribution in [3.63, 3.8) is 0 Å². The molecule has 0 radical (unpaired) electrons. The van der Waals surface area contributed by atoms with Crippen molar-refractivity contribution in [2.45, 2.75) is 19.8 Å². The Morgan fingerprint density at radius 2 is 1.70 bits per heavy atom. The molecule has 100 valence electrons. The maximum Gasteiger partial charge on any atom is 0.339 e. The van der Waals surface area contributed by atoms with Crippen molar-refractivity contribution in [2.75, 3.05) is 0 Å². The van der Waals surface area contributed by atoms with Gasteiger partial charge in [0, 0.05) is 25.4 Å². The molecule has 0 aliphatic rings. The number of carboxylic acid groups (broad SMARTS) is 1. The predicted octanol–water partition coefficient (Wildman–Crippen LogP) is 3.55. The monoisotopic (exact) mass is 320 g/mol. The Kier molecular flexibility index (Phi) is 5.46. The zero-order valence-electron chi connectivity index (χ0n) is 11.6. The Morgan fingerprint density at radius 3 is 2.25 bits per heavy atom. The number of benzene rings is 2. The maximum atomic E-state index is 11.1. The topological polar surface area (TPSA) is 57.5 Å². The molecule has 0 saturated carbocycles. The SMILES string of the molecule is Cc1cc(C(C)c2ccccc2)cc(C(=O)O)c1O.[Zn]. The van der Waals surface area contributed by atoms with Crippen LogP contribution < -0.4 is 0 Å². The molecule has 0 fully saturated rings. The molecule has 3 nitrogen and oxygen atoms in total. The standard InChI is InChI=1S/C16H16O3.Zn/c1-10-8-13(9-14(15(10)17)16(18)19)11(2)12-6-4-3-5-7-12;/h3-9,11,17H,1-2H3,(H,18,19);. The summed E-state index contributed by atoms with van der Waals surface area (Å²) in [6, 6.07) is 13.2. The minimum atomic E-state index is -1.11. The molecular formula is C16H16O3Zn. The number of aromatic carboxylic acids is 1. The van der Waals surface area contributed by atoms with Crippen LogP contribution in [0.3, 0.4) is 0 Å². The second kappa shape index (κ2) is 6.67. The van der Waals surface area contributed by atoms with Gasteiger partial charge in [-0.25, -0.2) is 4.79 Å². The maximum absolute atomic E-state index is 11.1. The summed E-state index contributed by atoms with van der Waals surface area (Å²) in [6.07, 6.45) is 0. The fourth-order valence-corrected chi connectivity index (χ4v) is 2.15. The van der Waals surface area contributed by atoms with Crippen LogP contribution in [-0.2, 0) is 19.5 Å². The Labute approximate surface area is 131 Å². The van der Waals surface area contributed by atoms with E-state index in [0.717, 1.165) is 11.1 Å². The minimum absolute atomic E-state index is 0. The Hall–Kier alpha value is -1.67. The number of carboxylic acids is 1. The quantitative estimate of drug-likeness (QED) is 0.850. The second-order valence-electron chi connectivity index (χ2n) is 4.67. The van der Waals surface area contributed by atoms with Gasteiger partial charge in [-0.1, -0.05) is 43.3 Å². The van der Waals surface area contributed by atoms with Crippen molar-refractivity contribution in [1.82, 2.24) is 0 Å². The average molecular weight is 322 g/mol. The molecule has 2 aromatic carbocycles. The van der Waals surface area contributed by atoms with E-state index in [4.69, 9.17) is 5.11 Å². The first-order chi connectivity index (χ1) is 9.00. The molecule has 0 saturated heterocycles. The fraction of sp³-hybridized carbons (Fsp3) is 0.188. The molecule has 0 spiro atoms. The Bertz CT molecular complexity index is 609. The summed E-state index contributed by atoms with van der Waals surface area (Å²) >= 11 is 0. The zero-order valence-corrected chi connectivity index (χ0v) is 14.6. The minimum Gasteiger partial charge on any atom is -0.507 e. The number of carbonyl (C=O) groups is 1. The molecule has 1 unspecified atom stereocenters. The van der Waals surface area contributed by atoms with Crippen LogP contribution in [0, 0.1) is 6.92 Å². The zero-order chi connectivity index (χ0) is 14.0. The van der Waals surface area contributed by atoms with E-state index in [1.807, 2.05) is 43.3 Å². The smallest absolute Gasteiger partial charge is 0.339 e. The van der Waals surface area contributed by atoms with Gasteiger partial charge in [0.1, 0.15) is 11.3 Å². The van der Waals surface area contributed by atoms with Crippen LogP contribution in [0.4, 0.5) is 0 Å². The molecule has 0 amide bonds. The number of hydrogen-bond donors (Lipinski definition) is 2. The first kappa shape index (κ1) is 16.4. The molecule has 2 N–H and O–H groups in total. The summed E-state index contributed by atoms with van der Waals surface area (Å²) in [6.45, 7) is 3.73. The van der Waals surface area contributed by atoms with Crippen LogP contribution in [-0.4, -0.2) is 16.2 Å². The van der Waals surface area contributed by atoms with Gasteiger partial charge in [-0.05, 0) is 29.7 Å². The molecule has 1 atom stereocenters. The van der Waals surface area contributed by atoms with E-state index in [-0.39, 0.29) is 36.7 Å². The van der Waals surface area contributed by atoms with E-state index in [1.165, 1.54) is 0 Å². The van der Waals surface area contributed by atoms with Gasteiger partial charge in [0.05, 0.1) is 0 Å². The number of hydrogen-bond acceptors (Lipinski definition) is 2. The van der Waals surface area contributed by atoms with E-state index in [2.05, 4.69) is 0 Å². The summed E-state index contributed by atoms with van der Waals surface area (Å²) < 4.78 is 0. The van der Waals surface area contributed by atoms with Crippen LogP contribution in [0.15, 0.2) is 42.5 Å². The molecule has 20 heavy (non-hydrogen) atoms. The summed E-state index contributed by atoms with van der Waals surface area (Å²) in [5.41, 5.74) is 2.54. The van der Waals surface area contributed by atoms with Crippen LogP contribution in [0.5, 0.6) is 5.75 Å². The summed E-state index contributed by atoms with van der Waals surface area (Å²) in [5, 5.41) is 18.9. The van der Waals surface area contributed by atoms with Crippen LogP contribution >= 0.6 is 0 Å². The van der Waals surface area contributed by atoms with Crippen LogP contribution in [0.1, 0.15) is 39.9 Å². The number of aryl methyl sites for hydroxylation is 1. The first-order valence-corrected chi connectivity index (χ1v) is 6.12. The van der Waals surface area contributed by atoms with Crippen molar-refractivity contribution in [3.8, 4) is 5.75 Å². The third-order valence-electron chi connectivity index (χ3n) is 3.35. The van der Waals surface area contributed by atoms with Gasteiger partial charge in [-0.15, -0.1) is 0 Å². The van der Waals surface area contributed by atoms with Crippen LogP contribution in [0.25, 0.3) is 0 Å². The summed E-state index contributed by atoms with van der Waals surface area (Å²) in [7, 11) is 0. The molecule has 0 aliphatic heterocycles. The van der Waals surface area contributed by atoms with E-state index in [0.29, 0.717) is 5.56 Å². The van der Waals surface area contributed by atoms with E-state index >= 15 is 0 Å². The fourth-order valence-electron chi connectivity index (χ4n) is 2.15. The van der Waals surface area contributed by atoms with Crippen molar-refractivity contribution in [1.29, 1.82) is 0 Å². The Balaban J connectivity index is 0.00000200. The van der Waals surface area contributed by atoms with E-state index in [1.54, 1.807) is 13.0 Å². The largest absolute Gasteiger partial charge is 0.507 e. The molecule has 2 aromatic rings. The van der Waals surface area contributed by atoms with Gasteiger partial charge < -0.3 is 10.2 Å². The molecule has 0 aromatic heterocycles. The Morgan fingerprint density at radius 1 is 1.10 bits per heavy atom. The van der Waals surface area contributed by atoms with Gasteiger partial charge in [0.25, 0.3) is 0 Å². The third kappa shape index (κ3) is 3.26. The molecular weight excluding hydrogens is 306 g/mol. The predicted molar refractivity (Wildman–Crippen MR) is 73.8 cm³/mol. The molecule has 0 bridgehead atoms. The first-order valence-electron chi connectivity index (χ1n) is 6.12. The van der Waals surface area contributed by atoms with E-state index < -0.39 is 5.97 Å². The van der Waals surface area contributed by atoms with Crippen molar-refractivity contribution >= 4 is 5.97 Å². The van der Waals surface area contributed by atoms with Gasteiger partial charge in [0.2, 0.25) is 0 Å². The molecule has 4 heteroatoms. The summed E-state index contributed by atoms with van der Waals surface area (Å²) in [4.78, 5) is 11.1.